The van der Waals surface area contributed by atoms with Crippen LogP contribution in [0.1, 0.15) is 30.7 Å². The van der Waals surface area contributed by atoms with Crippen LogP contribution in [0.5, 0.6) is 0 Å². The molecule has 3 aromatic rings. The Kier molecular flexibility index (Phi) is 6.81. The fourth-order valence-corrected chi connectivity index (χ4v) is 3.42. The number of benzene rings is 1. The Balaban J connectivity index is 2.01. The number of anilines is 1. The van der Waals surface area contributed by atoms with Crippen LogP contribution < -0.4 is 21.9 Å². The van der Waals surface area contributed by atoms with Gasteiger partial charge in [0.15, 0.2) is 5.82 Å². The van der Waals surface area contributed by atoms with Crippen LogP contribution in [0.15, 0.2) is 59.7 Å². The summed E-state index contributed by atoms with van der Waals surface area (Å²) in [6.07, 6.45) is 4.54. The van der Waals surface area contributed by atoms with Crippen LogP contribution in [0, 0.1) is 0 Å². The lowest BCUT2D eigenvalue weighted by Crippen LogP contribution is -2.49. The normalized spacial score (nSPS) is 12.8. The van der Waals surface area contributed by atoms with E-state index in [0.29, 0.717) is 30.0 Å². The highest BCUT2D eigenvalue weighted by molar-refractivity contribution is 5.87. The molecule has 31 heavy (non-hydrogen) atoms. The van der Waals surface area contributed by atoms with E-state index in [1.54, 1.807) is 31.5 Å². The molecular weight excluding hydrogens is 392 g/mol. The van der Waals surface area contributed by atoms with Crippen LogP contribution >= 0.6 is 0 Å². The van der Waals surface area contributed by atoms with Crippen molar-refractivity contribution in [3.05, 3.63) is 82.0 Å². The van der Waals surface area contributed by atoms with E-state index < -0.39 is 5.54 Å². The molecule has 4 N–H and O–H groups in total. The van der Waals surface area contributed by atoms with Gasteiger partial charge in [-0.05, 0) is 31.4 Å². The lowest BCUT2D eigenvalue weighted by atomic mass is 9.92. The maximum atomic E-state index is 13.4. The first-order valence-corrected chi connectivity index (χ1v) is 10.3. The largest absolute Gasteiger partial charge is 0.365 e. The summed E-state index contributed by atoms with van der Waals surface area (Å²) in [6, 6.07) is 13.4. The molecule has 0 aliphatic rings. The number of amides is 1. The number of rotatable bonds is 8. The van der Waals surface area contributed by atoms with E-state index >= 15 is 0 Å². The van der Waals surface area contributed by atoms with E-state index in [-0.39, 0.29) is 17.3 Å². The van der Waals surface area contributed by atoms with Crippen LogP contribution in [0.4, 0.5) is 5.82 Å². The van der Waals surface area contributed by atoms with Gasteiger partial charge in [0.2, 0.25) is 5.91 Å². The van der Waals surface area contributed by atoms with Gasteiger partial charge in [-0.25, -0.2) is 9.97 Å². The Morgan fingerprint density at radius 1 is 1.16 bits per heavy atom. The number of hydrogen-bond acceptors (Lipinski definition) is 6. The number of hydrogen-bond donors (Lipinski definition) is 3. The molecule has 1 atom stereocenters. The second kappa shape index (κ2) is 9.53. The quantitative estimate of drug-likeness (QED) is 0.512. The van der Waals surface area contributed by atoms with Gasteiger partial charge in [-0.1, -0.05) is 43.3 Å². The van der Waals surface area contributed by atoms with Crippen LogP contribution in [0.3, 0.4) is 0 Å². The topological polar surface area (TPSA) is 115 Å². The summed E-state index contributed by atoms with van der Waals surface area (Å²) in [6.45, 7) is 4.08. The first-order chi connectivity index (χ1) is 14.9. The molecule has 3 rings (SSSR count). The Hall–Kier alpha value is -3.52. The summed E-state index contributed by atoms with van der Waals surface area (Å²) < 4.78 is 1.49. The number of pyridine rings is 1. The molecule has 8 heteroatoms. The lowest BCUT2D eigenvalue weighted by molar-refractivity contribution is -0.125. The minimum atomic E-state index is -1.37. The Morgan fingerprint density at radius 2 is 1.90 bits per heavy atom. The predicted octanol–water partition coefficient (Wildman–Crippen LogP) is 1.76. The third-order valence-corrected chi connectivity index (χ3v) is 5.20. The molecule has 2 heterocycles. The third-order valence-electron chi connectivity index (χ3n) is 5.20. The number of nitrogens with zero attached hydrogens (tertiary/aromatic N) is 3. The van der Waals surface area contributed by atoms with Gasteiger partial charge in [-0.15, -0.1) is 0 Å². The van der Waals surface area contributed by atoms with Crippen molar-refractivity contribution in [2.75, 3.05) is 18.9 Å². The van der Waals surface area contributed by atoms with Gasteiger partial charge in [0, 0.05) is 37.2 Å². The SMILES string of the molecule is CCc1cnc(NCCc2ccccc2)c(=O)n1-c1ncccc1C(C)(N)C(=O)NC. The Morgan fingerprint density at radius 3 is 2.58 bits per heavy atom. The Bertz CT molecular complexity index is 1110. The predicted molar refractivity (Wildman–Crippen MR) is 121 cm³/mol. The van der Waals surface area contributed by atoms with Gasteiger partial charge < -0.3 is 16.4 Å². The van der Waals surface area contributed by atoms with Gasteiger partial charge in [0.25, 0.3) is 5.56 Å². The maximum Gasteiger partial charge on any atom is 0.299 e. The minimum Gasteiger partial charge on any atom is -0.365 e. The monoisotopic (exact) mass is 420 g/mol. The van der Waals surface area contributed by atoms with Crippen molar-refractivity contribution in [1.29, 1.82) is 0 Å². The van der Waals surface area contributed by atoms with Crippen LogP contribution in [-0.2, 0) is 23.2 Å². The maximum absolute atomic E-state index is 13.4. The number of carbonyl (C=O) groups excluding carboxylic acids is 1. The molecule has 1 amide bonds. The molecule has 0 fully saturated rings. The van der Waals surface area contributed by atoms with Crippen molar-refractivity contribution in [2.45, 2.75) is 32.2 Å². The number of nitrogens with one attached hydrogen (secondary N) is 2. The smallest absolute Gasteiger partial charge is 0.299 e. The summed E-state index contributed by atoms with van der Waals surface area (Å²) in [5.41, 5.74) is 6.94. The second-order valence-corrected chi connectivity index (χ2v) is 7.41. The fraction of sp³-hybridized carbons (Fsp3) is 0.304. The highest BCUT2D eigenvalue weighted by atomic mass is 16.2. The van der Waals surface area contributed by atoms with Crippen LogP contribution in [-0.4, -0.2) is 34.0 Å². The summed E-state index contributed by atoms with van der Waals surface area (Å²) in [4.78, 5) is 34.5. The molecule has 0 aliphatic heterocycles. The van der Waals surface area contributed by atoms with Crippen molar-refractivity contribution in [2.24, 2.45) is 5.73 Å². The summed E-state index contributed by atoms with van der Waals surface area (Å²) in [5, 5.41) is 5.71. The fourth-order valence-electron chi connectivity index (χ4n) is 3.42. The number of nitrogens with two attached hydrogens (primary N) is 1. The number of likely N-dealkylation sites (N-methyl/N-ethyl adjacent to an activating group) is 1. The molecule has 0 bridgehead atoms. The molecule has 0 radical (unpaired) electrons. The molecule has 0 spiro atoms. The van der Waals surface area contributed by atoms with E-state index in [2.05, 4.69) is 20.6 Å². The lowest BCUT2D eigenvalue weighted by Gasteiger charge is -2.26. The molecule has 2 aromatic heterocycles. The van der Waals surface area contributed by atoms with Crippen molar-refractivity contribution >= 4 is 11.7 Å². The van der Waals surface area contributed by atoms with Gasteiger partial charge in [-0.2, -0.15) is 0 Å². The highest BCUT2D eigenvalue weighted by Crippen LogP contribution is 2.24. The molecule has 8 nitrogen and oxygen atoms in total. The standard InChI is InChI=1S/C23H28N6O2/c1-4-17-15-28-19(26-14-12-16-9-6-5-7-10-16)21(30)29(17)20-18(11-8-13-27-20)23(2,24)22(31)25-3/h5-11,13,15H,4,12,14,24H2,1-3H3,(H,25,31)(H,26,28). The molecule has 1 aromatic carbocycles. The van der Waals surface area contributed by atoms with Crippen molar-refractivity contribution in [1.82, 2.24) is 19.9 Å². The van der Waals surface area contributed by atoms with Crippen molar-refractivity contribution < 1.29 is 4.79 Å². The number of aryl methyl sites for hydroxylation is 1. The first-order valence-electron chi connectivity index (χ1n) is 10.3. The van der Waals surface area contributed by atoms with Crippen molar-refractivity contribution in [3.8, 4) is 5.82 Å². The summed E-state index contributed by atoms with van der Waals surface area (Å²) in [5.74, 6) is 0.179. The molecule has 162 valence electrons. The van der Waals surface area contributed by atoms with Gasteiger partial charge in [0.05, 0.1) is 0 Å². The average molecular weight is 421 g/mol. The summed E-state index contributed by atoms with van der Waals surface area (Å²) in [7, 11) is 1.52. The Labute approximate surface area is 181 Å². The van der Waals surface area contributed by atoms with Crippen LogP contribution in [0.25, 0.3) is 5.82 Å². The first kappa shape index (κ1) is 22.2. The molecular formula is C23H28N6O2. The molecule has 1 unspecified atom stereocenters. The zero-order valence-corrected chi connectivity index (χ0v) is 18.1. The van der Waals surface area contributed by atoms with Gasteiger partial charge >= 0.3 is 0 Å². The average Bonchev–Trinajstić information content (AvgIpc) is 2.80. The molecule has 0 aliphatic carbocycles. The van der Waals surface area contributed by atoms with Gasteiger partial charge in [-0.3, -0.25) is 14.2 Å². The van der Waals surface area contributed by atoms with E-state index in [4.69, 9.17) is 5.73 Å². The third kappa shape index (κ3) is 4.64. The zero-order valence-electron chi connectivity index (χ0n) is 18.1. The minimum absolute atomic E-state index is 0.225. The van der Waals surface area contributed by atoms with E-state index in [9.17, 15) is 9.59 Å². The summed E-state index contributed by atoms with van der Waals surface area (Å²) >= 11 is 0. The number of carbonyl (C=O) groups is 1. The molecule has 0 saturated carbocycles. The van der Waals surface area contributed by atoms with E-state index in [1.807, 2.05) is 37.3 Å². The second-order valence-electron chi connectivity index (χ2n) is 7.41. The zero-order chi connectivity index (χ0) is 22.4. The van der Waals surface area contributed by atoms with Crippen molar-refractivity contribution in [3.63, 3.8) is 0 Å². The van der Waals surface area contributed by atoms with Gasteiger partial charge in [0.1, 0.15) is 11.4 Å². The highest BCUT2D eigenvalue weighted by Gasteiger charge is 2.33. The number of aromatic nitrogens is 3. The molecule has 0 saturated heterocycles. The van der Waals surface area contributed by atoms with Crippen LogP contribution in [0.2, 0.25) is 0 Å². The van der Waals surface area contributed by atoms with E-state index in [0.717, 1.165) is 12.0 Å². The van der Waals surface area contributed by atoms with E-state index in [1.165, 1.54) is 11.6 Å².